The molecule has 0 saturated carbocycles. The number of nitrogens with zero attached hydrogens (tertiary/aromatic N) is 2. The lowest BCUT2D eigenvalue weighted by Gasteiger charge is -2.32. The lowest BCUT2D eigenvalue weighted by Crippen LogP contribution is -2.42. The fourth-order valence-corrected chi connectivity index (χ4v) is 3.26. The summed E-state index contributed by atoms with van der Waals surface area (Å²) in [5.74, 6) is -0.407. The minimum Gasteiger partial charge on any atom is -0.477 e. The molecule has 6 nitrogen and oxygen atoms in total. The van der Waals surface area contributed by atoms with Gasteiger partial charge in [0.2, 0.25) is 0 Å². The van der Waals surface area contributed by atoms with Crippen LogP contribution in [-0.4, -0.2) is 46.8 Å². The lowest BCUT2D eigenvalue weighted by molar-refractivity contribution is 0.0698. The molecule has 0 radical (unpaired) electrons. The molecule has 0 bridgehead atoms. The molecule has 1 saturated heterocycles. The Morgan fingerprint density at radius 2 is 2.21 bits per heavy atom. The summed E-state index contributed by atoms with van der Waals surface area (Å²) in [6.45, 7) is 5.24. The van der Waals surface area contributed by atoms with E-state index < -0.39 is 5.97 Å². The second-order valence-electron chi connectivity index (χ2n) is 6.19. The van der Waals surface area contributed by atoms with Gasteiger partial charge in [-0.2, -0.15) is 0 Å². The van der Waals surface area contributed by atoms with Gasteiger partial charge in [0.1, 0.15) is 0 Å². The van der Waals surface area contributed by atoms with Crippen LogP contribution in [0.25, 0.3) is 11.3 Å². The average Bonchev–Trinajstić information content (AvgIpc) is 3.00. The van der Waals surface area contributed by atoms with Crippen molar-refractivity contribution in [3.05, 3.63) is 35.9 Å². The first kappa shape index (κ1) is 16.5. The molecule has 2 N–H and O–H groups in total. The number of aromatic carboxylic acids is 1. The zero-order valence-corrected chi connectivity index (χ0v) is 13.9. The predicted octanol–water partition coefficient (Wildman–Crippen LogP) is 3.33. The molecule has 24 heavy (non-hydrogen) atoms. The molecule has 1 aromatic heterocycles. The molecular weight excluding hydrogens is 306 g/mol. The molecule has 1 aliphatic heterocycles. The number of likely N-dealkylation sites (tertiary alicyclic amines) is 1. The maximum atomic E-state index is 11.7. The molecule has 0 amide bonds. The van der Waals surface area contributed by atoms with Crippen LogP contribution in [0, 0.1) is 0 Å². The number of nitrogens with one attached hydrogen (secondary N) is 1. The zero-order chi connectivity index (χ0) is 16.9. The molecule has 2 aromatic rings. The Morgan fingerprint density at radius 3 is 2.92 bits per heavy atom. The quantitative estimate of drug-likeness (QED) is 0.846. The third kappa shape index (κ3) is 3.59. The average molecular weight is 329 g/mol. The minimum absolute atomic E-state index is 0.105. The van der Waals surface area contributed by atoms with Crippen LogP contribution in [0.4, 0.5) is 5.82 Å². The normalized spacial score (nSPS) is 18.5. The van der Waals surface area contributed by atoms with E-state index in [9.17, 15) is 9.90 Å². The van der Waals surface area contributed by atoms with Crippen LogP contribution in [0.1, 0.15) is 36.5 Å². The van der Waals surface area contributed by atoms with E-state index in [0.717, 1.165) is 38.9 Å². The Kier molecular flexibility index (Phi) is 5.15. The van der Waals surface area contributed by atoms with E-state index in [4.69, 9.17) is 4.52 Å². The highest BCUT2D eigenvalue weighted by molar-refractivity contribution is 5.99. The molecule has 0 spiro atoms. The Bertz CT molecular complexity index is 682. The van der Waals surface area contributed by atoms with Crippen LogP contribution in [0.2, 0.25) is 0 Å². The molecule has 0 aliphatic carbocycles. The summed E-state index contributed by atoms with van der Waals surface area (Å²) in [5.41, 5.74) is 0.820. The first-order valence-corrected chi connectivity index (χ1v) is 8.46. The van der Waals surface area contributed by atoms with Crippen LogP contribution in [0.3, 0.4) is 0 Å². The van der Waals surface area contributed by atoms with E-state index in [2.05, 4.69) is 22.3 Å². The number of anilines is 1. The number of carbonyl (C=O) groups is 1. The molecule has 2 heterocycles. The number of carboxylic acid groups (broad SMARTS) is 1. The predicted molar refractivity (Wildman–Crippen MR) is 92.3 cm³/mol. The van der Waals surface area contributed by atoms with Crippen molar-refractivity contribution < 1.29 is 14.4 Å². The van der Waals surface area contributed by atoms with Gasteiger partial charge in [-0.1, -0.05) is 42.4 Å². The minimum atomic E-state index is -1.03. The maximum absolute atomic E-state index is 11.7. The van der Waals surface area contributed by atoms with Crippen LogP contribution >= 0.6 is 0 Å². The number of carboxylic acids is 1. The summed E-state index contributed by atoms with van der Waals surface area (Å²) in [4.78, 5) is 14.1. The van der Waals surface area contributed by atoms with Crippen molar-refractivity contribution in [2.75, 3.05) is 25.0 Å². The summed E-state index contributed by atoms with van der Waals surface area (Å²) in [6, 6.07) is 9.41. The highest BCUT2D eigenvalue weighted by Gasteiger charge is 2.27. The highest BCUT2D eigenvalue weighted by Crippen LogP contribution is 2.30. The number of hydrogen-bond donors (Lipinski definition) is 2. The molecule has 3 rings (SSSR count). The molecule has 6 heteroatoms. The topological polar surface area (TPSA) is 78.6 Å². The van der Waals surface area contributed by atoms with Gasteiger partial charge in [-0.3, -0.25) is 0 Å². The Balaban J connectivity index is 1.81. The summed E-state index contributed by atoms with van der Waals surface area (Å²) >= 11 is 0. The molecule has 1 aliphatic rings. The van der Waals surface area contributed by atoms with E-state index in [-0.39, 0.29) is 11.6 Å². The molecule has 128 valence electrons. The third-order valence-electron chi connectivity index (χ3n) is 4.33. The maximum Gasteiger partial charge on any atom is 0.343 e. The first-order chi connectivity index (χ1) is 11.7. The molecule has 1 fully saturated rings. The highest BCUT2D eigenvalue weighted by atomic mass is 16.5. The van der Waals surface area contributed by atoms with E-state index in [1.54, 1.807) is 0 Å². The van der Waals surface area contributed by atoms with Crippen LogP contribution in [0.5, 0.6) is 0 Å². The first-order valence-electron chi connectivity index (χ1n) is 8.46. The largest absolute Gasteiger partial charge is 0.477 e. The Morgan fingerprint density at radius 1 is 1.42 bits per heavy atom. The smallest absolute Gasteiger partial charge is 0.343 e. The van der Waals surface area contributed by atoms with Crippen molar-refractivity contribution in [3.63, 3.8) is 0 Å². The van der Waals surface area contributed by atoms with Crippen molar-refractivity contribution >= 4 is 11.8 Å². The van der Waals surface area contributed by atoms with Gasteiger partial charge in [-0.05, 0) is 32.4 Å². The van der Waals surface area contributed by atoms with E-state index in [0.29, 0.717) is 17.1 Å². The van der Waals surface area contributed by atoms with Gasteiger partial charge in [-0.25, -0.2) is 4.79 Å². The Labute approximate surface area is 141 Å². The standard InChI is InChI=1S/C18H23N3O3/c1-2-10-21-11-6-9-14(12-21)19-17-15(18(22)23)16(24-20-17)13-7-4-3-5-8-13/h3-5,7-8,14H,2,6,9-12H2,1H3,(H,19,20)(H,22,23). The lowest BCUT2D eigenvalue weighted by atomic mass is 10.0. The number of aromatic nitrogens is 1. The summed E-state index contributed by atoms with van der Waals surface area (Å²) in [6.07, 6.45) is 3.23. The number of piperidine rings is 1. The van der Waals surface area contributed by atoms with Crippen molar-refractivity contribution in [1.82, 2.24) is 10.1 Å². The second-order valence-corrected chi connectivity index (χ2v) is 6.19. The summed E-state index contributed by atoms with van der Waals surface area (Å²) in [5, 5.41) is 16.9. The Hall–Kier alpha value is -2.34. The van der Waals surface area contributed by atoms with E-state index in [1.807, 2.05) is 30.3 Å². The van der Waals surface area contributed by atoms with Crippen LogP contribution < -0.4 is 5.32 Å². The van der Waals surface area contributed by atoms with E-state index in [1.165, 1.54) is 0 Å². The summed E-state index contributed by atoms with van der Waals surface area (Å²) in [7, 11) is 0. The second kappa shape index (κ2) is 7.49. The van der Waals surface area contributed by atoms with Gasteiger partial charge in [-0.15, -0.1) is 0 Å². The number of rotatable bonds is 6. The van der Waals surface area contributed by atoms with Gasteiger partial charge in [0, 0.05) is 18.2 Å². The van der Waals surface area contributed by atoms with Gasteiger partial charge in [0.05, 0.1) is 0 Å². The monoisotopic (exact) mass is 329 g/mol. The van der Waals surface area contributed by atoms with Gasteiger partial charge in [0.15, 0.2) is 17.1 Å². The van der Waals surface area contributed by atoms with E-state index >= 15 is 0 Å². The molecule has 1 aromatic carbocycles. The zero-order valence-electron chi connectivity index (χ0n) is 13.9. The number of hydrogen-bond acceptors (Lipinski definition) is 5. The van der Waals surface area contributed by atoms with Crippen molar-refractivity contribution in [3.8, 4) is 11.3 Å². The van der Waals surface area contributed by atoms with Crippen LogP contribution in [0.15, 0.2) is 34.9 Å². The SMILES string of the molecule is CCCN1CCCC(Nc2noc(-c3ccccc3)c2C(=O)O)C1. The van der Waals surface area contributed by atoms with Crippen molar-refractivity contribution in [2.24, 2.45) is 0 Å². The fraction of sp³-hybridized carbons (Fsp3) is 0.444. The van der Waals surface area contributed by atoms with Crippen LogP contribution in [-0.2, 0) is 0 Å². The summed E-state index contributed by atoms with van der Waals surface area (Å²) < 4.78 is 5.35. The van der Waals surface area contributed by atoms with Crippen molar-refractivity contribution in [2.45, 2.75) is 32.2 Å². The molecular formula is C18H23N3O3. The molecule has 1 unspecified atom stereocenters. The van der Waals surface area contributed by atoms with Crippen molar-refractivity contribution in [1.29, 1.82) is 0 Å². The molecule has 1 atom stereocenters. The third-order valence-corrected chi connectivity index (χ3v) is 4.33. The fourth-order valence-electron chi connectivity index (χ4n) is 3.26. The van der Waals surface area contributed by atoms with Gasteiger partial charge >= 0.3 is 5.97 Å². The van der Waals surface area contributed by atoms with Gasteiger partial charge < -0.3 is 19.8 Å². The van der Waals surface area contributed by atoms with Gasteiger partial charge in [0.25, 0.3) is 0 Å². The number of benzene rings is 1.